The Hall–Kier alpha value is -1.58. The fourth-order valence-corrected chi connectivity index (χ4v) is 3.17. The van der Waals surface area contributed by atoms with E-state index < -0.39 is 5.97 Å². The van der Waals surface area contributed by atoms with Crippen LogP contribution in [-0.4, -0.2) is 19.1 Å². The van der Waals surface area contributed by atoms with Gasteiger partial charge in [0.05, 0.1) is 18.4 Å². The van der Waals surface area contributed by atoms with E-state index >= 15 is 0 Å². The number of ether oxygens (including phenoxy) is 1. The van der Waals surface area contributed by atoms with Gasteiger partial charge in [0.1, 0.15) is 5.82 Å². The van der Waals surface area contributed by atoms with Crippen molar-refractivity contribution in [1.82, 2.24) is 0 Å². The normalized spacial score (nSPS) is 24.4. The lowest BCUT2D eigenvalue weighted by atomic mass is 9.91. The molecule has 0 amide bonds. The summed E-state index contributed by atoms with van der Waals surface area (Å²) in [5.41, 5.74) is 1.01. The van der Waals surface area contributed by atoms with E-state index in [2.05, 4.69) is 30.8 Å². The first kappa shape index (κ1) is 14.8. The third-order valence-electron chi connectivity index (χ3n) is 4.06. The molecule has 2 rings (SSSR count). The van der Waals surface area contributed by atoms with Gasteiger partial charge in [-0.25, -0.2) is 9.18 Å². The summed E-state index contributed by atoms with van der Waals surface area (Å²) in [5, 5.41) is 3.25. The van der Waals surface area contributed by atoms with Crippen molar-refractivity contribution < 1.29 is 13.9 Å². The number of rotatable bonds is 3. The van der Waals surface area contributed by atoms with Gasteiger partial charge in [0.2, 0.25) is 0 Å². The Morgan fingerprint density at radius 1 is 1.40 bits per heavy atom. The summed E-state index contributed by atoms with van der Waals surface area (Å²) >= 11 is 0. The summed E-state index contributed by atoms with van der Waals surface area (Å²) in [6.45, 7) is 6.63. The average Bonchev–Trinajstić information content (AvgIpc) is 2.64. The molecule has 20 heavy (non-hydrogen) atoms. The molecule has 110 valence electrons. The van der Waals surface area contributed by atoms with Crippen LogP contribution in [0, 0.1) is 17.2 Å². The topological polar surface area (TPSA) is 38.3 Å². The van der Waals surface area contributed by atoms with Crippen LogP contribution in [0.1, 0.15) is 44.0 Å². The van der Waals surface area contributed by atoms with Crippen molar-refractivity contribution in [3.8, 4) is 0 Å². The molecular formula is C16H22FNO2. The number of hydrogen-bond donors (Lipinski definition) is 1. The second kappa shape index (κ2) is 5.43. The highest BCUT2D eigenvalue weighted by molar-refractivity contribution is 5.90. The lowest BCUT2D eigenvalue weighted by Crippen LogP contribution is -2.23. The van der Waals surface area contributed by atoms with Gasteiger partial charge >= 0.3 is 5.97 Å². The van der Waals surface area contributed by atoms with Gasteiger partial charge in [0.25, 0.3) is 0 Å². The SMILES string of the molecule is COC(=O)c1ccc(F)c(NC2CC(C)(C)CC2C)c1. The number of carbonyl (C=O) groups excluding carboxylic acids is 1. The lowest BCUT2D eigenvalue weighted by Gasteiger charge is -2.20. The van der Waals surface area contributed by atoms with Crippen LogP contribution in [0.25, 0.3) is 0 Å². The number of methoxy groups -OCH3 is 1. The van der Waals surface area contributed by atoms with Crippen molar-refractivity contribution in [3.05, 3.63) is 29.6 Å². The van der Waals surface area contributed by atoms with E-state index in [0.717, 1.165) is 12.8 Å². The minimum absolute atomic E-state index is 0.229. The average molecular weight is 279 g/mol. The maximum atomic E-state index is 13.9. The van der Waals surface area contributed by atoms with Crippen LogP contribution in [0.2, 0.25) is 0 Å². The molecule has 0 saturated heterocycles. The van der Waals surface area contributed by atoms with Gasteiger partial charge in [-0.3, -0.25) is 0 Å². The first-order chi connectivity index (χ1) is 9.32. The summed E-state index contributed by atoms with van der Waals surface area (Å²) in [7, 11) is 1.32. The van der Waals surface area contributed by atoms with Crippen LogP contribution >= 0.6 is 0 Å². The molecule has 1 aliphatic carbocycles. The summed E-state index contributed by atoms with van der Waals surface area (Å²) in [4.78, 5) is 11.5. The van der Waals surface area contributed by atoms with Crippen molar-refractivity contribution in [2.75, 3.05) is 12.4 Å². The van der Waals surface area contributed by atoms with Crippen LogP contribution in [0.4, 0.5) is 10.1 Å². The van der Waals surface area contributed by atoms with Crippen LogP contribution < -0.4 is 5.32 Å². The second-order valence-corrected chi connectivity index (χ2v) is 6.49. The summed E-state index contributed by atoms with van der Waals surface area (Å²) in [6.07, 6.45) is 2.11. The molecule has 1 aromatic carbocycles. The van der Waals surface area contributed by atoms with E-state index in [0.29, 0.717) is 17.2 Å². The van der Waals surface area contributed by atoms with E-state index in [1.54, 1.807) is 0 Å². The van der Waals surface area contributed by atoms with E-state index in [1.165, 1.54) is 25.3 Å². The Morgan fingerprint density at radius 3 is 2.65 bits per heavy atom. The number of anilines is 1. The minimum atomic E-state index is -0.451. The van der Waals surface area contributed by atoms with Crippen molar-refractivity contribution >= 4 is 11.7 Å². The Bertz CT molecular complexity index is 513. The molecule has 2 atom stereocenters. The molecule has 1 aromatic rings. The first-order valence-corrected chi connectivity index (χ1v) is 6.97. The number of hydrogen-bond acceptors (Lipinski definition) is 3. The zero-order valence-corrected chi connectivity index (χ0v) is 12.5. The molecule has 0 aromatic heterocycles. The molecule has 1 saturated carbocycles. The zero-order valence-electron chi connectivity index (χ0n) is 12.5. The van der Waals surface area contributed by atoms with Gasteiger partial charge in [0.15, 0.2) is 0 Å². The standard InChI is InChI=1S/C16H22FNO2/c1-10-8-16(2,3)9-14(10)18-13-7-11(15(19)20-4)5-6-12(13)17/h5-7,10,14,18H,8-9H2,1-4H3. The Labute approximate surface area is 119 Å². The molecule has 1 N–H and O–H groups in total. The Balaban J connectivity index is 2.19. The van der Waals surface area contributed by atoms with Crippen LogP contribution in [0.5, 0.6) is 0 Å². The second-order valence-electron chi connectivity index (χ2n) is 6.49. The largest absolute Gasteiger partial charge is 0.465 e. The summed E-state index contributed by atoms with van der Waals surface area (Å²) in [6, 6.07) is 4.50. The molecule has 0 heterocycles. The van der Waals surface area contributed by atoms with Gasteiger partial charge in [-0.1, -0.05) is 20.8 Å². The molecule has 0 bridgehead atoms. The number of benzene rings is 1. The molecule has 0 radical (unpaired) electrons. The fourth-order valence-electron chi connectivity index (χ4n) is 3.17. The molecule has 3 nitrogen and oxygen atoms in total. The third kappa shape index (κ3) is 3.11. The van der Waals surface area contributed by atoms with Gasteiger partial charge in [-0.05, 0) is 42.4 Å². The fraction of sp³-hybridized carbons (Fsp3) is 0.562. The number of esters is 1. The number of halogens is 1. The van der Waals surface area contributed by atoms with Crippen LogP contribution in [-0.2, 0) is 4.74 Å². The zero-order chi connectivity index (χ0) is 14.9. The van der Waals surface area contributed by atoms with E-state index in [-0.39, 0.29) is 17.3 Å². The predicted molar refractivity (Wildman–Crippen MR) is 77.3 cm³/mol. The summed E-state index contributed by atoms with van der Waals surface area (Å²) < 4.78 is 18.6. The summed E-state index contributed by atoms with van der Waals surface area (Å²) in [5.74, 6) is -0.311. The quantitative estimate of drug-likeness (QED) is 0.854. The van der Waals surface area contributed by atoms with Crippen LogP contribution in [0.3, 0.4) is 0 Å². The molecule has 0 spiro atoms. The lowest BCUT2D eigenvalue weighted by molar-refractivity contribution is 0.0600. The van der Waals surface area contributed by atoms with Gasteiger partial charge < -0.3 is 10.1 Å². The van der Waals surface area contributed by atoms with Crippen molar-refractivity contribution in [2.45, 2.75) is 39.7 Å². The van der Waals surface area contributed by atoms with Crippen LogP contribution in [0.15, 0.2) is 18.2 Å². The highest BCUT2D eigenvalue weighted by Crippen LogP contribution is 2.42. The number of nitrogens with one attached hydrogen (secondary N) is 1. The highest BCUT2D eigenvalue weighted by atomic mass is 19.1. The maximum Gasteiger partial charge on any atom is 0.337 e. The minimum Gasteiger partial charge on any atom is -0.465 e. The number of carbonyl (C=O) groups is 1. The molecule has 4 heteroatoms. The molecule has 1 fully saturated rings. The van der Waals surface area contributed by atoms with Crippen molar-refractivity contribution in [2.24, 2.45) is 11.3 Å². The Morgan fingerprint density at radius 2 is 2.10 bits per heavy atom. The smallest absolute Gasteiger partial charge is 0.337 e. The highest BCUT2D eigenvalue weighted by Gasteiger charge is 2.36. The van der Waals surface area contributed by atoms with Crippen molar-refractivity contribution in [3.63, 3.8) is 0 Å². The van der Waals surface area contributed by atoms with Gasteiger partial charge in [-0.15, -0.1) is 0 Å². The molecule has 1 aliphatic rings. The van der Waals surface area contributed by atoms with Gasteiger partial charge in [0, 0.05) is 6.04 Å². The molecule has 0 aliphatic heterocycles. The Kier molecular flexibility index (Phi) is 4.02. The third-order valence-corrected chi connectivity index (χ3v) is 4.06. The van der Waals surface area contributed by atoms with E-state index in [1.807, 2.05) is 0 Å². The predicted octanol–water partition coefficient (Wildman–Crippen LogP) is 3.85. The monoisotopic (exact) mass is 279 g/mol. The van der Waals surface area contributed by atoms with E-state index in [4.69, 9.17) is 0 Å². The first-order valence-electron chi connectivity index (χ1n) is 6.97. The molecular weight excluding hydrogens is 257 g/mol. The van der Waals surface area contributed by atoms with Crippen molar-refractivity contribution in [1.29, 1.82) is 0 Å². The van der Waals surface area contributed by atoms with Gasteiger partial charge in [-0.2, -0.15) is 0 Å². The maximum absolute atomic E-state index is 13.9. The molecule has 2 unspecified atom stereocenters. The van der Waals surface area contributed by atoms with E-state index in [9.17, 15) is 9.18 Å².